The van der Waals surface area contributed by atoms with Crippen LogP contribution in [0.4, 0.5) is 4.79 Å². The van der Waals surface area contributed by atoms with Gasteiger partial charge >= 0.3 is 12.0 Å². The number of urea groups is 1. The van der Waals surface area contributed by atoms with E-state index in [0.717, 1.165) is 0 Å². The number of hydrogen-bond donors (Lipinski definition) is 2. The highest BCUT2D eigenvalue weighted by Crippen LogP contribution is 2.11. The van der Waals surface area contributed by atoms with Crippen LogP contribution < -0.4 is 5.32 Å². The molecule has 1 unspecified atom stereocenters. The van der Waals surface area contributed by atoms with E-state index in [1.54, 1.807) is 16.7 Å². The maximum Gasteiger partial charge on any atom is 0.321 e. The van der Waals surface area contributed by atoms with Gasteiger partial charge in [0, 0.05) is 26.2 Å². The molecular weight excluding hydrogens is 280 g/mol. The van der Waals surface area contributed by atoms with Crippen molar-refractivity contribution in [3.63, 3.8) is 0 Å². The van der Waals surface area contributed by atoms with Crippen LogP contribution in [0.3, 0.4) is 0 Å². The third kappa shape index (κ3) is 3.48. The Labute approximate surface area is 121 Å². The SMILES string of the molecule is CC1C(=O)NC(=O)CN1C(=O)N1CCN(CC(=O)O)CC1. The average molecular weight is 298 g/mol. The standard InChI is InChI=1S/C12H18N4O5/c1-8-11(20)13-9(17)6-16(8)12(21)15-4-2-14(3-5-15)7-10(18)19/h8H,2-7H2,1H3,(H,18,19)(H,13,17,20). The predicted molar refractivity (Wildman–Crippen MR) is 70.4 cm³/mol. The number of nitrogens with zero attached hydrogens (tertiary/aromatic N) is 3. The monoisotopic (exact) mass is 298 g/mol. The molecule has 0 saturated carbocycles. The van der Waals surface area contributed by atoms with Gasteiger partial charge in [-0.3, -0.25) is 24.6 Å². The fourth-order valence-corrected chi connectivity index (χ4v) is 2.42. The van der Waals surface area contributed by atoms with Crippen LogP contribution in [0.25, 0.3) is 0 Å². The van der Waals surface area contributed by atoms with Gasteiger partial charge in [-0.25, -0.2) is 4.79 Å². The van der Waals surface area contributed by atoms with Gasteiger partial charge in [0.05, 0.1) is 6.54 Å². The summed E-state index contributed by atoms with van der Waals surface area (Å²) in [6.45, 7) is 3.06. The number of hydrogen-bond acceptors (Lipinski definition) is 5. The maximum atomic E-state index is 12.4. The zero-order valence-corrected chi connectivity index (χ0v) is 11.7. The first kappa shape index (κ1) is 15.2. The van der Waals surface area contributed by atoms with Crippen molar-refractivity contribution in [1.82, 2.24) is 20.0 Å². The van der Waals surface area contributed by atoms with Crippen molar-refractivity contribution in [2.75, 3.05) is 39.3 Å². The smallest absolute Gasteiger partial charge is 0.321 e. The molecule has 0 aromatic heterocycles. The lowest BCUT2D eigenvalue weighted by atomic mass is 10.2. The van der Waals surface area contributed by atoms with Crippen molar-refractivity contribution in [2.45, 2.75) is 13.0 Å². The lowest BCUT2D eigenvalue weighted by Crippen LogP contribution is -2.62. The molecule has 2 aliphatic heterocycles. The number of imide groups is 1. The third-order valence-corrected chi connectivity index (χ3v) is 3.67. The van der Waals surface area contributed by atoms with Crippen molar-refractivity contribution in [2.24, 2.45) is 0 Å². The average Bonchev–Trinajstić information content (AvgIpc) is 2.42. The molecule has 0 radical (unpaired) electrons. The zero-order valence-electron chi connectivity index (χ0n) is 11.7. The molecule has 0 bridgehead atoms. The van der Waals surface area contributed by atoms with E-state index in [0.29, 0.717) is 26.2 Å². The van der Waals surface area contributed by atoms with Crippen molar-refractivity contribution < 1.29 is 24.3 Å². The number of nitrogens with one attached hydrogen (secondary N) is 1. The molecule has 0 aromatic rings. The van der Waals surface area contributed by atoms with Gasteiger partial charge < -0.3 is 14.9 Å². The van der Waals surface area contributed by atoms with E-state index >= 15 is 0 Å². The normalized spacial score (nSPS) is 24.0. The number of carboxylic acids is 1. The van der Waals surface area contributed by atoms with E-state index in [1.807, 2.05) is 0 Å². The molecule has 9 heteroatoms. The Hall–Kier alpha value is -2.16. The highest BCUT2D eigenvalue weighted by molar-refractivity contribution is 6.03. The molecule has 2 N–H and O–H groups in total. The lowest BCUT2D eigenvalue weighted by molar-refractivity contribution is -0.140. The third-order valence-electron chi connectivity index (χ3n) is 3.67. The van der Waals surface area contributed by atoms with Crippen LogP contribution >= 0.6 is 0 Å². The summed E-state index contributed by atoms with van der Waals surface area (Å²) >= 11 is 0. The summed E-state index contributed by atoms with van der Waals surface area (Å²) in [7, 11) is 0. The van der Waals surface area contributed by atoms with Crippen molar-refractivity contribution in [3.8, 4) is 0 Å². The van der Waals surface area contributed by atoms with Gasteiger partial charge in [-0.1, -0.05) is 0 Å². The molecule has 0 aliphatic carbocycles. The molecular formula is C12H18N4O5. The summed E-state index contributed by atoms with van der Waals surface area (Å²) in [5, 5.41) is 10.9. The van der Waals surface area contributed by atoms with Crippen LogP contribution in [0.15, 0.2) is 0 Å². The highest BCUT2D eigenvalue weighted by Gasteiger charge is 2.36. The summed E-state index contributed by atoms with van der Waals surface area (Å²) in [6, 6.07) is -1.05. The predicted octanol–water partition coefficient (Wildman–Crippen LogP) is -1.84. The summed E-state index contributed by atoms with van der Waals surface area (Å²) < 4.78 is 0. The number of carboxylic acid groups (broad SMARTS) is 1. The fraction of sp³-hybridized carbons (Fsp3) is 0.667. The molecule has 2 aliphatic rings. The molecule has 1 atom stereocenters. The summed E-state index contributed by atoms with van der Waals surface area (Å²) in [4.78, 5) is 50.5. The lowest BCUT2D eigenvalue weighted by Gasteiger charge is -2.39. The fourth-order valence-electron chi connectivity index (χ4n) is 2.42. The van der Waals surface area contributed by atoms with Crippen LogP contribution in [0.5, 0.6) is 0 Å². The van der Waals surface area contributed by atoms with Crippen LogP contribution in [-0.2, 0) is 14.4 Å². The minimum atomic E-state index is -0.901. The largest absolute Gasteiger partial charge is 0.480 e. The topological polar surface area (TPSA) is 110 Å². The van der Waals surface area contributed by atoms with Gasteiger partial charge in [0.15, 0.2) is 0 Å². The first-order chi connectivity index (χ1) is 9.88. The van der Waals surface area contributed by atoms with Crippen LogP contribution in [0.2, 0.25) is 0 Å². The molecule has 4 amide bonds. The van der Waals surface area contributed by atoms with Crippen molar-refractivity contribution in [1.29, 1.82) is 0 Å². The summed E-state index contributed by atoms with van der Waals surface area (Å²) in [5.74, 6) is -1.87. The number of amides is 4. The quantitative estimate of drug-likeness (QED) is 0.579. The molecule has 2 rings (SSSR count). The summed E-state index contributed by atoms with van der Waals surface area (Å²) in [5.41, 5.74) is 0. The van der Waals surface area contributed by atoms with Gasteiger partial charge in [0.1, 0.15) is 12.6 Å². The number of piperazine rings is 2. The molecule has 21 heavy (non-hydrogen) atoms. The molecule has 116 valence electrons. The van der Waals surface area contributed by atoms with Crippen molar-refractivity contribution >= 4 is 23.8 Å². The number of aliphatic carboxylic acids is 1. The Kier molecular flexibility index (Phi) is 4.41. The van der Waals surface area contributed by atoms with Crippen LogP contribution in [0.1, 0.15) is 6.92 Å². The van der Waals surface area contributed by atoms with Crippen LogP contribution in [0, 0.1) is 0 Å². The molecule has 2 saturated heterocycles. The summed E-state index contributed by atoms with van der Waals surface area (Å²) in [6.07, 6.45) is 0. The maximum absolute atomic E-state index is 12.4. The van der Waals surface area contributed by atoms with E-state index in [-0.39, 0.29) is 19.1 Å². The molecule has 0 aromatic carbocycles. The molecule has 9 nitrogen and oxygen atoms in total. The highest BCUT2D eigenvalue weighted by atomic mass is 16.4. The second-order valence-electron chi connectivity index (χ2n) is 5.16. The Morgan fingerprint density at radius 3 is 2.43 bits per heavy atom. The van der Waals surface area contributed by atoms with Gasteiger partial charge in [-0.15, -0.1) is 0 Å². The van der Waals surface area contributed by atoms with Gasteiger partial charge in [0.2, 0.25) is 11.8 Å². The van der Waals surface area contributed by atoms with Crippen molar-refractivity contribution in [3.05, 3.63) is 0 Å². The Balaban J connectivity index is 1.93. The van der Waals surface area contributed by atoms with E-state index < -0.39 is 23.8 Å². The van der Waals surface area contributed by atoms with Gasteiger partial charge in [-0.2, -0.15) is 0 Å². The Bertz CT molecular complexity index is 472. The van der Waals surface area contributed by atoms with E-state index in [1.165, 1.54) is 4.90 Å². The molecule has 0 spiro atoms. The molecule has 2 fully saturated rings. The number of rotatable bonds is 2. The van der Waals surface area contributed by atoms with E-state index in [9.17, 15) is 19.2 Å². The van der Waals surface area contributed by atoms with Gasteiger partial charge in [-0.05, 0) is 6.92 Å². The second kappa shape index (κ2) is 6.08. The van der Waals surface area contributed by atoms with Crippen LogP contribution in [-0.4, -0.2) is 88.9 Å². The minimum absolute atomic E-state index is 0.0525. The van der Waals surface area contributed by atoms with E-state index in [4.69, 9.17) is 5.11 Å². The first-order valence-corrected chi connectivity index (χ1v) is 6.72. The molecule has 2 heterocycles. The first-order valence-electron chi connectivity index (χ1n) is 6.72. The minimum Gasteiger partial charge on any atom is -0.480 e. The number of carbonyl (C=O) groups excluding carboxylic acids is 3. The Morgan fingerprint density at radius 2 is 1.86 bits per heavy atom. The number of carbonyl (C=O) groups is 4. The second-order valence-corrected chi connectivity index (χ2v) is 5.16. The van der Waals surface area contributed by atoms with E-state index in [2.05, 4.69) is 5.32 Å². The van der Waals surface area contributed by atoms with Gasteiger partial charge in [0.25, 0.3) is 0 Å². The Morgan fingerprint density at radius 1 is 1.24 bits per heavy atom. The zero-order chi connectivity index (χ0) is 15.6.